The zero-order chi connectivity index (χ0) is 24.3. The largest absolute Gasteiger partial charge is 0.354 e. The number of urea groups is 1. The molecule has 2 aliphatic heterocycles. The van der Waals surface area contributed by atoms with Gasteiger partial charge < -0.3 is 19.7 Å². The Kier molecular flexibility index (Phi) is 7.35. The van der Waals surface area contributed by atoms with Crippen LogP contribution in [0.25, 0.3) is 0 Å². The first kappa shape index (κ1) is 24.4. The lowest BCUT2D eigenvalue weighted by molar-refractivity contribution is 0.181. The summed E-state index contributed by atoms with van der Waals surface area (Å²) in [6.45, 7) is 18.3. The van der Waals surface area contributed by atoms with E-state index in [9.17, 15) is 4.79 Å². The third-order valence-corrected chi connectivity index (χ3v) is 6.69. The fraction of sp³-hybridized carbons (Fsp3) is 0.708. The molecule has 4 heterocycles. The van der Waals surface area contributed by atoms with Gasteiger partial charge in [-0.2, -0.15) is 0 Å². The molecule has 0 saturated carbocycles. The molecule has 2 aliphatic rings. The average Bonchev–Trinajstić information content (AvgIpc) is 3.18. The number of unbranched alkanes of at least 4 members (excludes halogenated alkanes) is 1. The molecule has 0 bridgehead atoms. The normalized spacial score (nSPS) is 17.1. The zero-order valence-electron chi connectivity index (χ0n) is 21.3. The van der Waals surface area contributed by atoms with Gasteiger partial charge >= 0.3 is 6.03 Å². The monoisotopic (exact) mass is 469 g/mol. The number of hydrogen-bond donors (Lipinski definition) is 1. The van der Waals surface area contributed by atoms with Gasteiger partial charge in [0, 0.05) is 57.3 Å². The van der Waals surface area contributed by atoms with E-state index >= 15 is 0 Å². The Morgan fingerprint density at radius 1 is 1.00 bits per heavy atom. The van der Waals surface area contributed by atoms with Crippen LogP contribution < -0.4 is 10.2 Å². The summed E-state index contributed by atoms with van der Waals surface area (Å²) in [6, 6.07) is 2.15. The van der Waals surface area contributed by atoms with E-state index in [0.29, 0.717) is 19.6 Å². The van der Waals surface area contributed by atoms with Gasteiger partial charge in [-0.3, -0.25) is 4.90 Å². The molecule has 2 aromatic heterocycles. The van der Waals surface area contributed by atoms with Gasteiger partial charge in [0.1, 0.15) is 17.5 Å². The quantitative estimate of drug-likeness (QED) is 0.648. The van der Waals surface area contributed by atoms with Crippen molar-refractivity contribution in [3.8, 4) is 0 Å². The minimum atomic E-state index is -0.00436. The van der Waals surface area contributed by atoms with Crippen LogP contribution in [-0.4, -0.2) is 86.4 Å². The Balaban J connectivity index is 1.14. The summed E-state index contributed by atoms with van der Waals surface area (Å²) in [5.74, 6) is 3.67. The van der Waals surface area contributed by atoms with Crippen LogP contribution in [0, 0.1) is 13.8 Å². The molecule has 10 nitrogen and oxygen atoms in total. The molecule has 10 heteroatoms. The van der Waals surface area contributed by atoms with E-state index in [-0.39, 0.29) is 11.4 Å². The number of aryl methyl sites for hydroxylation is 2. The third-order valence-electron chi connectivity index (χ3n) is 6.69. The molecule has 1 saturated heterocycles. The van der Waals surface area contributed by atoms with E-state index < -0.39 is 0 Å². The fourth-order valence-electron chi connectivity index (χ4n) is 4.54. The number of nitrogens with zero attached hydrogens (tertiary/aromatic N) is 8. The Morgan fingerprint density at radius 3 is 2.50 bits per heavy atom. The molecule has 1 fully saturated rings. The van der Waals surface area contributed by atoms with Gasteiger partial charge in [0.05, 0.1) is 12.2 Å². The predicted octanol–water partition coefficient (Wildman–Crippen LogP) is 2.11. The molecule has 0 spiro atoms. The van der Waals surface area contributed by atoms with E-state index in [1.54, 1.807) is 0 Å². The lowest BCUT2D eigenvalue weighted by Gasteiger charge is -2.36. The van der Waals surface area contributed by atoms with Crippen molar-refractivity contribution in [2.45, 2.75) is 66.0 Å². The van der Waals surface area contributed by atoms with Crippen LogP contribution in [0.15, 0.2) is 6.07 Å². The van der Waals surface area contributed by atoms with Gasteiger partial charge in [-0.15, -0.1) is 10.2 Å². The minimum Gasteiger partial charge on any atom is -0.354 e. The number of aromatic nitrogens is 5. The van der Waals surface area contributed by atoms with Crippen molar-refractivity contribution >= 4 is 11.8 Å². The van der Waals surface area contributed by atoms with Crippen LogP contribution in [0.4, 0.5) is 10.6 Å². The Labute approximate surface area is 202 Å². The molecule has 0 aromatic carbocycles. The van der Waals surface area contributed by atoms with Crippen LogP contribution in [-0.2, 0) is 18.5 Å². The number of piperazine rings is 1. The highest BCUT2D eigenvalue weighted by atomic mass is 16.2. The van der Waals surface area contributed by atoms with Crippen molar-refractivity contribution in [3.63, 3.8) is 0 Å². The minimum absolute atomic E-state index is 0.00436. The first-order valence-corrected chi connectivity index (χ1v) is 12.5. The zero-order valence-corrected chi connectivity index (χ0v) is 21.3. The smallest absolute Gasteiger partial charge is 0.317 e. The number of nitrogens with one attached hydrogen (secondary N) is 1. The van der Waals surface area contributed by atoms with E-state index in [2.05, 4.69) is 61.7 Å². The highest BCUT2D eigenvalue weighted by Gasteiger charge is 2.24. The predicted molar refractivity (Wildman–Crippen MR) is 132 cm³/mol. The van der Waals surface area contributed by atoms with Gasteiger partial charge in [0.2, 0.25) is 0 Å². The number of anilines is 1. The topological polar surface area (TPSA) is 95.3 Å². The van der Waals surface area contributed by atoms with E-state index in [1.165, 1.54) is 0 Å². The van der Waals surface area contributed by atoms with Crippen LogP contribution in [0.2, 0.25) is 0 Å². The van der Waals surface area contributed by atoms with Crippen LogP contribution in [0.3, 0.4) is 0 Å². The molecule has 1 N–H and O–H groups in total. The molecule has 2 aromatic rings. The Bertz CT molecular complexity index is 989. The molecule has 34 heavy (non-hydrogen) atoms. The van der Waals surface area contributed by atoms with Crippen molar-refractivity contribution in [1.82, 2.24) is 39.8 Å². The maximum atomic E-state index is 12.5. The first-order valence-electron chi connectivity index (χ1n) is 12.5. The van der Waals surface area contributed by atoms with E-state index in [1.807, 2.05) is 18.7 Å². The molecule has 0 aliphatic carbocycles. The van der Waals surface area contributed by atoms with E-state index in [4.69, 9.17) is 4.98 Å². The lowest BCUT2D eigenvalue weighted by Crippen LogP contribution is -2.47. The number of fused-ring (bicyclic) bond motifs is 1. The lowest BCUT2D eigenvalue weighted by atomic mass is 9.92. The highest BCUT2D eigenvalue weighted by molar-refractivity contribution is 5.74. The fourth-order valence-corrected chi connectivity index (χ4v) is 4.54. The number of carbonyl (C=O) groups is 1. The van der Waals surface area contributed by atoms with Gasteiger partial charge in [0.15, 0.2) is 5.82 Å². The van der Waals surface area contributed by atoms with Crippen LogP contribution in [0.1, 0.15) is 56.8 Å². The third kappa shape index (κ3) is 5.84. The molecule has 0 unspecified atom stereocenters. The molecule has 2 amide bonds. The molecule has 0 radical (unpaired) electrons. The van der Waals surface area contributed by atoms with Crippen LogP contribution in [0.5, 0.6) is 0 Å². The molecule has 4 rings (SSSR count). The van der Waals surface area contributed by atoms with Crippen molar-refractivity contribution < 1.29 is 4.79 Å². The van der Waals surface area contributed by atoms with Gasteiger partial charge in [-0.05, 0) is 33.2 Å². The first-order chi connectivity index (χ1) is 16.2. The maximum Gasteiger partial charge on any atom is 0.317 e. The van der Waals surface area contributed by atoms with Crippen molar-refractivity contribution in [1.29, 1.82) is 0 Å². The number of carbonyl (C=O) groups excluding carboxylic acids is 1. The SMILES string of the molecule is Cc1nc(N2CCN(CCCCNC(=O)N3CCn4c(C)nnc4C3)CC2)cc(C(C)(C)C)n1. The summed E-state index contributed by atoms with van der Waals surface area (Å²) in [6.07, 6.45) is 2.06. The highest BCUT2D eigenvalue weighted by Crippen LogP contribution is 2.24. The van der Waals surface area contributed by atoms with Crippen molar-refractivity contribution in [2.75, 3.05) is 50.7 Å². The average molecular weight is 470 g/mol. The maximum absolute atomic E-state index is 12.5. The summed E-state index contributed by atoms with van der Waals surface area (Å²) < 4.78 is 2.08. The Morgan fingerprint density at radius 2 is 1.76 bits per heavy atom. The second-order valence-electron chi connectivity index (χ2n) is 10.4. The second-order valence-corrected chi connectivity index (χ2v) is 10.4. The molecular weight excluding hydrogens is 430 g/mol. The van der Waals surface area contributed by atoms with Gasteiger partial charge in [0.25, 0.3) is 0 Å². The molecule has 186 valence electrons. The number of amides is 2. The summed E-state index contributed by atoms with van der Waals surface area (Å²) in [7, 11) is 0. The second kappa shape index (κ2) is 10.2. The summed E-state index contributed by atoms with van der Waals surface area (Å²) >= 11 is 0. The molecular formula is C24H39N9O. The number of hydrogen-bond acceptors (Lipinski definition) is 7. The van der Waals surface area contributed by atoms with Crippen LogP contribution >= 0.6 is 0 Å². The van der Waals surface area contributed by atoms with Gasteiger partial charge in [-0.25, -0.2) is 14.8 Å². The summed E-state index contributed by atoms with van der Waals surface area (Å²) in [4.78, 5) is 28.5. The van der Waals surface area contributed by atoms with Crippen molar-refractivity contribution in [3.05, 3.63) is 29.2 Å². The summed E-state index contributed by atoms with van der Waals surface area (Å²) in [5.41, 5.74) is 1.12. The van der Waals surface area contributed by atoms with Gasteiger partial charge in [-0.1, -0.05) is 20.8 Å². The summed E-state index contributed by atoms with van der Waals surface area (Å²) in [5, 5.41) is 11.3. The molecule has 0 atom stereocenters. The standard InChI is InChI=1S/C24H39N9O/c1-18-26-20(24(3,4)5)16-21(27-18)31-12-10-30(11-13-31)9-7-6-8-25-23(34)32-14-15-33-19(2)28-29-22(33)17-32/h16H,6-15,17H2,1-5H3,(H,25,34). The van der Waals surface area contributed by atoms with E-state index in [0.717, 1.165) is 81.1 Å². The number of rotatable bonds is 6. The Hall–Kier alpha value is -2.75. The van der Waals surface area contributed by atoms with Crippen molar-refractivity contribution in [2.24, 2.45) is 0 Å².